The largest absolute Gasteiger partial charge is 0.466 e. The third kappa shape index (κ3) is 3.81. The van der Waals surface area contributed by atoms with Crippen molar-refractivity contribution in [3.63, 3.8) is 0 Å². The van der Waals surface area contributed by atoms with Gasteiger partial charge in [-0.1, -0.05) is 42.5 Å². The van der Waals surface area contributed by atoms with Gasteiger partial charge < -0.3 is 9.30 Å². The lowest BCUT2D eigenvalue weighted by molar-refractivity contribution is -0.143. The maximum Gasteiger partial charge on any atom is 0.306 e. The minimum atomic E-state index is -0.159. The smallest absolute Gasteiger partial charge is 0.306 e. The lowest BCUT2D eigenvalue weighted by Gasteiger charge is -2.14. The van der Waals surface area contributed by atoms with Gasteiger partial charge in [0.2, 0.25) is 0 Å². The number of esters is 1. The zero-order valence-corrected chi connectivity index (χ0v) is 15.8. The number of benzene rings is 3. The van der Waals surface area contributed by atoms with Crippen molar-refractivity contribution < 1.29 is 9.53 Å². The monoisotopic (exact) mass is 370 g/mol. The quantitative estimate of drug-likeness (QED) is 0.439. The van der Waals surface area contributed by atoms with Crippen LogP contribution in [-0.2, 0) is 16.0 Å². The van der Waals surface area contributed by atoms with E-state index in [9.17, 15) is 4.79 Å². The maximum atomic E-state index is 11.7. The average molecular weight is 370 g/mol. The van der Waals surface area contributed by atoms with Gasteiger partial charge in [0.05, 0.1) is 18.6 Å². The molecule has 0 aliphatic carbocycles. The highest BCUT2D eigenvalue weighted by Gasteiger charge is 2.11. The van der Waals surface area contributed by atoms with Crippen molar-refractivity contribution in [2.24, 2.45) is 0 Å². The van der Waals surface area contributed by atoms with E-state index >= 15 is 0 Å². The molecule has 0 N–H and O–H groups in total. The van der Waals surface area contributed by atoms with E-state index in [1.807, 2.05) is 17.7 Å². The van der Waals surface area contributed by atoms with Crippen LogP contribution in [0.1, 0.15) is 18.9 Å². The number of rotatable bonds is 6. The number of imidazole rings is 1. The number of carbonyl (C=O) groups excluding carboxylic acids is 1. The van der Waals surface area contributed by atoms with Gasteiger partial charge in [-0.05, 0) is 53.4 Å². The zero-order chi connectivity index (χ0) is 19.3. The molecule has 0 aliphatic heterocycles. The molecule has 0 spiro atoms. The molecule has 1 aromatic heterocycles. The van der Waals surface area contributed by atoms with Gasteiger partial charge in [-0.25, -0.2) is 4.98 Å². The van der Waals surface area contributed by atoms with Gasteiger partial charge in [0.1, 0.15) is 0 Å². The molecule has 4 rings (SSSR count). The van der Waals surface area contributed by atoms with Gasteiger partial charge in [0.25, 0.3) is 0 Å². The van der Waals surface area contributed by atoms with Crippen molar-refractivity contribution in [2.75, 3.05) is 6.61 Å². The van der Waals surface area contributed by atoms with E-state index < -0.39 is 0 Å². The van der Waals surface area contributed by atoms with E-state index in [1.165, 1.54) is 10.8 Å². The van der Waals surface area contributed by atoms with Crippen LogP contribution < -0.4 is 0 Å². The highest BCUT2D eigenvalue weighted by Crippen LogP contribution is 2.31. The Morgan fingerprint density at radius 2 is 1.89 bits per heavy atom. The molecule has 0 atom stereocenters. The Morgan fingerprint density at radius 1 is 1.04 bits per heavy atom. The van der Waals surface area contributed by atoms with Crippen molar-refractivity contribution in [2.45, 2.75) is 19.8 Å². The number of fused-ring (bicyclic) bond motifs is 1. The molecule has 4 aromatic rings. The average Bonchev–Trinajstić information content (AvgIpc) is 3.26. The molecule has 0 saturated carbocycles. The summed E-state index contributed by atoms with van der Waals surface area (Å²) in [4.78, 5) is 15.9. The first kappa shape index (κ1) is 18.0. The minimum Gasteiger partial charge on any atom is -0.466 e. The molecule has 3 aromatic carbocycles. The van der Waals surface area contributed by atoms with E-state index in [1.54, 1.807) is 12.5 Å². The number of aromatic nitrogens is 2. The Bertz CT molecular complexity index is 1100. The van der Waals surface area contributed by atoms with Crippen LogP contribution in [0.15, 0.2) is 79.4 Å². The van der Waals surface area contributed by atoms with Crippen LogP contribution >= 0.6 is 0 Å². The van der Waals surface area contributed by atoms with Crippen LogP contribution in [0.5, 0.6) is 0 Å². The lowest BCUT2D eigenvalue weighted by Crippen LogP contribution is -2.05. The first-order valence-corrected chi connectivity index (χ1v) is 9.50. The molecule has 0 bridgehead atoms. The molecule has 0 aliphatic rings. The van der Waals surface area contributed by atoms with Crippen molar-refractivity contribution in [3.05, 3.63) is 84.9 Å². The summed E-state index contributed by atoms with van der Waals surface area (Å²) >= 11 is 0. The number of hydrogen-bond acceptors (Lipinski definition) is 3. The molecule has 0 saturated heterocycles. The standard InChI is InChI=1S/C24H22N2O2/c1-2-28-24(27)12-8-18-7-11-23(26-14-13-25-17-26)22(15-18)21-10-9-19-5-3-4-6-20(19)16-21/h3-7,9-11,13-17H,2,8,12H2,1H3. The fourth-order valence-electron chi connectivity index (χ4n) is 3.43. The summed E-state index contributed by atoms with van der Waals surface area (Å²) in [6, 6.07) is 21.2. The summed E-state index contributed by atoms with van der Waals surface area (Å²) in [5, 5.41) is 2.42. The van der Waals surface area contributed by atoms with Gasteiger partial charge in [0, 0.05) is 24.4 Å². The molecule has 0 radical (unpaired) electrons. The highest BCUT2D eigenvalue weighted by molar-refractivity contribution is 5.88. The topological polar surface area (TPSA) is 44.1 Å². The third-order valence-electron chi connectivity index (χ3n) is 4.83. The van der Waals surface area contributed by atoms with Gasteiger partial charge in [-0.3, -0.25) is 4.79 Å². The molecule has 1 heterocycles. The molecule has 0 unspecified atom stereocenters. The number of carbonyl (C=O) groups is 1. The van der Waals surface area contributed by atoms with Crippen molar-refractivity contribution >= 4 is 16.7 Å². The summed E-state index contributed by atoms with van der Waals surface area (Å²) < 4.78 is 7.07. The lowest BCUT2D eigenvalue weighted by atomic mass is 9.96. The van der Waals surface area contributed by atoms with Gasteiger partial charge in [0.15, 0.2) is 0 Å². The van der Waals surface area contributed by atoms with E-state index in [2.05, 4.69) is 65.6 Å². The second-order valence-electron chi connectivity index (χ2n) is 6.69. The summed E-state index contributed by atoms with van der Waals surface area (Å²) in [6.45, 7) is 2.25. The Kier molecular flexibility index (Phi) is 5.20. The van der Waals surface area contributed by atoms with Crippen molar-refractivity contribution in [1.29, 1.82) is 0 Å². The van der Waals surface area contributed by atoms with Gasteiger partial charge in [-0.2, -0.15) is 0 Å². The van der Waals surface area contributed by atoms with E-state index in [-0.39, 0.29) is 5.97 Å². The Hall–Kier alpha value is -3.40. The van der Waals surface area contributed by atoms with Crippen molar-refractivity contribution in [1.82, 2.24) is 9.55 Å². The minimum absolute atomic E-state index is 0.159. The van der Waals surface area contributed by atoms with Gasteiger partial charge in [-0.15, -0.1) is 0 Å². The fourth-order valence-corrected chi connectivity index (χ4v) is 3.43. The summed E-state index contributed by atoms with van der Waals surface area (Å²) in [5.41, 5.74) is 4.43. The molecule has 140 valence electrons. The number of ether oxygens (including phenoxy) is 1. The number of nitrogens with zero attached hydrogens (tertiary/aromatic N) is 2. The van der Waals surface area contributed by atoms with Crippen LogP contribution in [0.2, 0.25) is 0 Å². The number of aryl methyl sites for hydroxylation is 1. The second kappa shape index (κ2) is 8.09. The first-order valence-electron chi connectivity index (χ1n) is 9.50. The Balaban J connectivity index is 1.75. The first-order chi connectivity index (χ1) is 13.7. The molecule has 4 heteroatoms. The predicted octanol–water partition coefficient (Wildman–Crippen LogP) is 5.19. The molecule has 4 nitrogen and oxygen atoms in total. The highest BCUT2D eigenvalue weighted by atomic mass is 16.5. The summed E-state index contributed by atoms with van der Waals surface area (Å²) in [6.07, 6.45) is 6.56. The van der Waals surface area contributed by atoms with E-state index in [0.29, 0.717) is 19.4 Å². The van der Waals surface area contributed by atoms with Crippen LogP contribution in [0.4, 0.5) is 0 Å². The molecule has 0 amide bonds. The Labute approximate surface area is 164 Å². The van der Waals surface area contributed by atoms with Crippen LogP contribution in [-0.4, -0.2) is 22.1 Å². The Morgan fingerprint density at radius 3 is 2.68 bits per heavy atom. The zero-order valence-electron chi connectivity index (χ0n) is 15.8. The fraction of sp³-hybridized carbons (Fsp3) is 0.167. The van der Waals surface area contributed by atoms with Crippen LogP contribution in [0.3, 0.4) is 0 Å². The predicted molar refractivity (Wildman–Crippen MR) is 111 cm³/mol. The van der Waals surface area contributed by atoms with E-state index in [0.717, 1.165) is 22.4 Å². The van der Waals surface area contributed by atoms with Crippen LogP contribution in [0.25, 0.3) is 27.6 Å². The van der Waals surface area contributed by atoms with E-state index in [4.69, 9.17) is 4.74 Å². The third-order valence-corrected chi connectivity index (χ3v) is 4.83. The SMILES string of the molecule is CCOC(=O)CCc1ccc(-n2ccnc2)c(-c2ccc3ccccc3c2)c1. The molecular formula is C24H22N2O2. The molecular weight excluding hydrogens is 348 g/mol. The summed E-state index contributed by atoms with van der Waals surface area (Å²) in [5.74, 6) is -0.159. The second-order valence-corrected chi connectivity index (χ2v) is 6.69. The maximum absolute atomic E-state index is 11.7. The van der Waals surface area contributed by atoms with Crippen LogP contribution in [0, 0.1) is 0 Å². The summed E-state index contributed by atoms with van der Waals surface area (Å²) in [7, 11) is 0. The van der Waals surface area contributed by atoms with Crippen molar-refractivity contribution in [3.8, 4) is 16.8 Å². The molecule has 28 heavy (non-hydrogen) atoms. The number of hydrogen-bond donors (Lipinski definition) is 0. The van der Waals surface area contributed by atoms with Gasteiger partial charge >= 0.3 is 5.97 Å². The normalized spacial score (nSPS) is 10.9. The molecule has 0 fully saturated rings.